The number of anilines is 1. The van der Waals surface area contributed by atoms with Gasteiger partial charge in [0.1, 0.15) is 5.75 Å². The molecule has 0 N–H and O–H groups in total. The summed E-state index contributed by atoms with van der Waals surface area (Å²) < 4.78 is 11.1. The number of allylic oxidation sites excluding steroid dienone is 3. The Morgan fingerprint density at radius 3 is 2.62 bits per heavy atom. The molecule has 0 aromatic heterocycles. The first-order valence-electron chi connectivity index (χ1n) is 13.1. The Labute approximate surface area is 226 Å². The Balaban J connectivity index is 1.11. The third kappa shape index (κ3) is 5.18. The molecule has 4 aliphatic rings. The Bertz CT molecular complexity index is 1430. The average Bonchev–Trinajstić information content (AvgIpc) is 3.41. The summed E-state index contributed by atoms with van der Waals surface area (Å²) in [5.74, 6) is -0.169. The predicted molar refractivity (Wildman–Crippen MR) is 144 cm³/mol. The molecule has 3 amide bonds. The lowest BCUT2D eigenvalue weighted by Crippen LogP contribution is -2.42. The van der Waals surface area contributed by atoms with Crippen LogP contribution in [0.25, 0.3) is 5.70 Å². The molecule has 1 aliphatic carbocycles. The topological polar surface area (TPSA) is 101 Å². The molecule has 1 atom stereocenters. The minimum atomic E-state index is -0.398. The van der Waals surface area contributed by atoms with E-state index in [1.807, 2.05) is 66.8 Å². The third-order valence-electron chi connectivity index (χ3n) is 7.38. The summed E-state index contributed by atoms with van der Waals surface area (Å²) in [4.78, 5) is 41.3. The van der Waals surface area contributed by atoms with Crippen LogP contribution in [-0.4, -0.2) is 62.1 Å². The maximum absolute atomic E-state index is 13.3. The van der Waals surface area contributed by atoms with Crippen LogP contribution in [0.3, 0.4) is 0 Å². The lowest BCUT2D eigenvalue weighted by molar-refractivity contribution is -0.137. The van der Waals surface area contributed by atoms with Gasteiger partial charge in [-0.2, -0.15) is 0 Å². The minimum Gasteiger partial charge on any atom is -0.484 e. The highest BCUT2D eigenvalue weighted by molar-refractivity contribution is 5.97. The van der Waals surface area contributed by atoms with Crippen LogP contribution >= 0.6 is 0 Å². The van der Waals surface area contributed by atoms with Gasteiger partial charge in [-0.15, -0.1) is 10.2 Å². The van der Waals surface area contributed by atoms with Crippen molar-refractivity contribution in [1.82, 2.24) is 4.90 Å². The number of hydrogen-bond donors (Lipinski definition) is 0. The summed E-state index contributed by atoms with van der Waals surface area (Å²) in [7, 11) is 0. The zero-order chi connectivity index (χ0) is 26.8. The smallest absolute Gasteiger partial charge is 0.276 e. The van der Waals surface area contributed by atoms with E-state index >= 15 is 0 Å². The van der Waals surface area contributed by atoms with E-state index in [1.54, 1.807) is 9.80 Å². The maximum Gasteiger partial charge on any atom is 0.276 e. The molecule has 6 rings (SSSR count). The van der Waals surface area contributed by atoms with Gasteiger partial charge in [-0.3, -0.25) is 14.4 Å². The quantitative estimate of drug-likeness (QED) is 0.576. The molecule has 0 bridgehead atoms. The summed E-state index contributed by atoms with van der Waals surface area (Å²) in [5.41, 5.74) is 5.15. The van der Waals surface area contributed by atoms with Crippen molar-refractivity contribution in [3.05, 3.63) is 89.0 Å². The molecule has 2 aromatic rings. The number of carbonyl (C=O) groups is 3. The molecule has 0 saturated carbocycles. The van der Waals surface area contributed by atoms with Gasteiger partial charge in [-0.05, 0) is 29.2 Å². The van der Waals surface area contributed by atoms with E-state index in [4.69, 9.17) is 9.47 Å². The van der Waals surface area contributed by atoms with Gasteiger partial charge in [0.25, 0.3) is 11.8 Å². The number of rotatable bonds is 6. The monoisotopic (exact) mass is 524 g/mol. The predicted octanol–water partition coefficient (Wildman–Crippen LogP) is 3.50. The van der Waals surface area contributed by atoms with Gasteiger partial charge in [-0.1, -0.05) is 54.6 Å². The first kappa shape index (κ1) is 24.9. The number of fused-ring (bicyclic) bond motifs is 2. The fourth-order valence-electron chi connectivity index (χ4n) is 5.23. The molecule has 0 radical (unpaired) electrons. The van der Waals surface area contributed by atoms with Crippen LogP contribution in [0.4, 0.5) is 5.69 Å². The van der Waals surface area contributed by atoms with E-state index in [0.29, 0.717) is 44.3 Å². The molecular weight excluding hydrogens is 496 g/mol. The van der Waals surface area contributed by atoms with Gasteiger partial charge < -0.3 is 19.3 Å². The number of ether oxygens (including phenoxy) is 2. The van der Waals surface area contributed by atoms with Crippen molar-refractivity contribution >= 4 is 29.1 Å². The van der Waals surface area contributed by atoms with Crippen molar-refractivity contribution in [3.8, 4) is 5.75 Å². The minimum absolute atomic E-state index is 0.00608. The van der Waals surface area contributed by atoms with E-state index in [-0.39, 0.29) is 30.7 Å². The molecule has 0 spiro atoms. The van der Waals surface area contributed by atoms with E-state index in [1.165, 1.54) is 0 Å². The number of hydrogen-bond acceptors (Lipinski definition) is 6. The molecule has 3 aliphatic heterocycles. The van der Waals surface area contributed by atoms with Gasteiger partial charge >= 0.3 is 0 Å². The standard InChI is InChI=1S/C30H28N4O5/c35-27(17-20-5-7-22(8-6-20)29-24-3-1-2-4-25(24)30(37)32-31-29)34-12-11-21-9-10-23(18-26(21)34)39-19-28(36)33-13-15-38-16-14-33/h1-10,18,25H,11-17,19H2. The first-order chi connectivity index (χ1) is 19.1. The van der Waals surface area contributed by atoms with Gasteiger partial charge in [-0.25, -0.2) is 0 Å². The summed E-state index contributed by atoms with van der Waals surface area (Å²) in [5, 5.41) is 7.97. The maximum atomic E-state index is 13.3. The zero-order valence-electron chi connectivity index (χ0n) is 21.4. The van der Waals surface area contributed by atoms with Crippen molar-refractivity contribution in [2.75, 3.05) is 44.4 Å². The van der Waals surface area contributed by atoms with Crippen LogP contribution in [0.5, 0.6) is 5.75 Å². The summed E-state index contributed by atoms with van der Waals surface area (Å²) in [6, 6.07) is 13.3. The summed E-state index contributed by atoms with van der Waals surface area (Å²) in [6.07, 6.45) is 8.48. The number of azo groups is 1. The van der Waals surface area contributed by atoms with Crippen molar-refractivity contribution < 1.29 is 23.9 Å². The van der Waals surface area contributed by atoms with E-state index < -0.39 is 5.92 Å². The van der Waals surface area contributed by atoms with Crippen LogP contribution in [-0.2, 0) is 32.0 Å². The Morgan fingerprint density at radius 1 is 0.974 bits per heavy atom. The van der Waals surface area contributed by atoms with Gasteiger partial charge in [0.2, 0.25) is 5.91 Å². The summed E-state index contributed by atoms with van der Waals surface area (Å²) >= 11 is 0. The first-order valence-corrected chi connectivity index (χ1v) is 13.1. The van der Waals surface area contributed by atoms with E-state index in [2.05, 4.69) is 10.2 Å². The van der Waals surface area contributed by atoms with Crippen LogP contribution in [0.1, 0.15) is 16.7 Å². The Hall–Kier alpha value is -4.37. The average molecular weight is 525 g/mol. The number of carbonyl (C=O) groups excluding carboxylic acids is 3. The second kappa shape index (κ2) is 10.8. The molecule has 1 saturated heterocycles. The highest BCUT2D eigenvalue weighted by Gasteiger charge is 2.28. The largest absolute Gasteiger partial charge is 0.484 e. The van der Waals surface area contributed by atoms with Crippen molar-refractivity contribution in [2.45, 2.75) is 12.8 Å². The Morgan fingerprint density at radius 2 is 1.79 bits per heavy atom. The van der Waals surface area contributed by atoms with E-state index in [9.17, 15) is 14.4 Å². The second-order valence-electron chi connectivity index (χ2n) is 9.81. The molecule has 9 nitrogen and oxygen atoms in total. The SMILES string of the molecule is O=C1N=NC(c2ccc(CC(=O)N3CCc4ccc(OCC(=O)N5CCOCC5)cc43)cc2)=C2C=CC=CC12. The van der Waals surface area contributed by atoms with Gasteiger partial charge in [0.05, 0.1) is 36.9 Å². The highest BCUT2D eigenvalue weighted by Crippen LogP contribution is 2.35. The number of nitrogens with zero attached hydrogens (tertiary/aromatic N) is 4. The summed E-state index contributed by atoms with van der Waals surface area (Å²) in [6.45, 7) is 2.81. The normalized spacial score (nSPS) is 19.8. The molecule has 1 unspecified atom stereocenters. The highest BCUT2D eigenvalue weighted by atomic mass is 16.5. The fraction of sp³-hybridized carbons (Fsp3) is 0.300. The third-order valence-corrected chi connectivity index (χ3v) is 7.38. The van der Waals surface area contributed by atoms with Crippen LogP contribution < -0.4 is 9.64 Å². The molecule has 2 aromatic carbocycles. The van der Waals surface area contributed by atoms with Gasteiger partial charge in [0.15, 0.2) is 6.61 Å². The number of morpholine rings is 1. The number of amides is 3. The zero-order valence-corrected chi connectivity index (χ0v) is 21.4. The molecule has 1 fully saturated rings. The van der Waals surface area contributed by atoms with Crippen molar-refractivity contribution in [3.63, 3.8) is 0 Å². The van der Waals surface area contributed by atoms with Crippen LogP contribution in [0, 0.1) is 5.92 Å². The number of benzene rings is 2. The molecule has 9 heteroatoms. The van der Waals surface area contributed by atoms with Crippen molar-refractivity contribution in [2.24, 2.45) is 16.1 Å². The van der Waals surface area contributed by atoms with Crippen molar-refractivity contribution in [1.29, 1.82) is 0 Å². The van der Waals surface area contributed by atoms with Crippen LogP contribution in [0.15, 0.2) is 82.6 Å². The molecule has 198 valence electrons. The van der Waals surface area contributed by atoms with Gasteiger partial charge in [0, 0.05) is 31.3 Å². The Kier molecular flexibility index (Phi) is 6.89. The molecular formula is C30H28N4O5. The van der Waals surface area contributed by atoms with E-state index in [0.717, 1.165) is 34.4 Å². The lowest BCUT2D eigenvalue weighted by Gasteiger charge is -2.26. The lowest BCUT2D eigenvalue weighted by atomic mass is 9.89. The fourth-order valence-corrected chi connectivity index (χ4v) is 5.23. The molecule has 3 heterocycles. The second-order valence-corrected chi connectivity index (χ2v) is 9.81. The molecule has 39 heavy (non-hydrogen) atoms. The van der Waals surface area contributed by atoms with Crippen LogP contribution in [0.2, 0.25) is 0 Å².